The first-order valence-corrected chi connectivity index (χ1v) is 11.1. The topological polar surface area (TPSA) is 69.4 Å². The van der Waals surface area contributed by atoms with Gasteiger partial charge in [0.15, 0.2) is 0 Å². The van der Waals surface area contributed by atoms with E-state index in [-0.39, 0.29) is 24.3 Å². The lowest BCUT2D eigenvalue weighted by Gasteiger charge is -2.32. The summed E-state index contributed by atoms with van der Waals surface area (Å²) < 4.78 is 27.7. The van der Waals surface area contributed by atoms with Crippen molar-refractivity contribution in [3.05, 3.63) is 58.7 Å². The molecular formula is C22H35NO3S. The summed E-state index contributed by atoms with van der Waals surface area (Å²) in [6, 6.07) is 0. The zero-order valence-electron chi connectivity index (χ0n) is 17.4. The molecule has 0 spiro atoms. The second-order valence-electron chi connectivity index (χ2n) is 7.82. The molecule has 0 fully saturated rings. The highest BCUT2D eigenvalue weighted by atomic mass is 32.2. The fraction of sp³-hybridized carbons (Fsp3) is 0.545. The van der Waals surface area contributed by atoms with Gasteiger partial charge in [-0.2, -0.15) is 8.42 Å². The maximum absolute atomic E-state index is 11.4. The summed E-state index contributed by atoms with van der Waals surface area (Å²) in [4.78, 5) is 0. The Morgan fingerprint density at radius 2 is 1.93 bits per heavy atom. The molecule has 0 radical (unpaired) electrons. The first kappa shape index (κ1) is 23.6. The van der Waals surface area contributed by atoms with Crippen LogP contribution < -0.4 is 5.73 Å². The molecule has 0 atom stereocenters. The summed E-state index contributed by atoms with van der Waals surface area (Å²) in [6.45, 7) is 11.0. The molecule has 1 rings (SSSR count). The molecule has 0 aromatic rings. The summed E-state index contributed by atoms with van der Waals surface area (Å²) in [7, 11) is -3.51. The summed E-state index contributed by atoms with van der Waals surface area (Å²) in [5.74, 6) is -0.156. The van der Waals surface area contributed by atoms with E-state index in [2.05, 4.69) is 39.8 Å². The first-order chi connectivity index (χ1) is 12.6. The number of hydrogen-bond donors (Lipinski definition) is 1. The number of allylic oxidation sites excluding steroid dienone is 9. The highest BCUT2D eigenvalue weighted by molar-refractivity contribution is 7.86. The molecule has 0 aromatic heterocycles. The second kappa shape index (κ2) is 10.8. The van der Waals surface area contributed by atoms with Gasteiger partial charge in [0.2, 0.25) is 0 Å². The van der Waals surface area contributed by atoms with Gasteiger partial charge in [-0.3, -0.25) is 4.18 Å². The van der Waals surface area contributed by atoms with E-state index in [0.29, 0.717) is 0 Å². The molecule has 0 bridgehead atoms. The highest BCUT2D eigenvalue weighted by Gasteiger charge is 2.26. The van der Waals surface area contributed by atoms with Crippen LogP contribution in [0.4, 0.5) is 0 Å². The Morgan fingerprint density at radius 3 is 2.56 bits per heavy atom. The maximum atomic E-state index is 11.4. The minimum atomic E-state index is -3.51. The van der Waals surface area contributed by atoms with E-state index in [1.165, 1.54) is 36.0 Å². The molecular weight excluding hydrogens is 358 g/mol. The molecule has 1 aliphatic rings. The smallest absolute Gasteiger partial charge is 0.268 e. The van der Waals surface area contributed by atoms with Crippen LogP contribution >= 0.6 is 0 Å². The van der Waals surface area contributed by atoms with Gasteiger partial charge in [-0.05, 0) is 51.0 Å². The summed E-state index contributed by atoms with van der Waals surface area (Å²) in [5, 5.41) is 0. The molecule has 152 valence electrons. The van der Waals surface area contributed by atoms with Crippen LogP contribution in [0.3, 0.4) is 0 Å². The Hall–Kier alpha value is -1.43. The van der Waals surface area contributed by atoms with Crippen LogP contribution in [0.2, 0.25) is 0 Å². The molecule has 0 aliphatic heterocycles. The summed E-state index contributed by atoms with van der Waals surface area (Å²) >= 11 is 0. The van der Waals surface area contributed by atoms with Crippen molar-refractivity contribution in [3.63, 3.8) is 0 Å². The molecule has 4 nitrogen and oxygen atoms in total. The lowest BCUT2D eigenvalue weighted by atomic mass is 9.72. The first-order valence-electron chi connectivity index (χ1n) is 9.54. The predicted octanol–water partition coefficient (Wildman–Crippen LogP) is 4.82. The van der Waals surface area contributed by atoms with Crippen LogP contribution in [-0.2, 0) is 14.3 Å². The van der Waals surface area contributed by atoms with E-state index in [1.807, 2.05) is 25.2 Å². The molecule has 27 heavy (non-hydrogen) atoms. The van der Waals surface area contributed by atoms with E-state index >= 15 is 0 Å². The van der Waals surface area contributed by atoms with Crippen molar-refractivity contribution in [2.24, 2.45) is 11.1 Å². The Balaban J connectivity index is 2.64. The van der Waals surface area contributed by atoms with Crippen LogP contribution in [0.25, 0.3) is 0 Å². The van der Waals surface area contributed by atoms with E-state index in [1.54, 1.807) is 6.08 Å². The van der Waals surface area contributed by atoms with Crippen LogP contribution in [0, 0.1) is 5.41 Å². The van der Waals surface area contributed by atoms with Gasteiger partial charge >= 0.3 is 0 Å². The minimum absolute atomic E-state index is 0.0314. The Kier molecular flexibility index (Phi) is 9.43. The second-order valence-corrected chi connectivity index (χ2v) is 9.58. The van der Waals surface area contributed by atoms with Crippen molar-refractivity contribution in [1.82, 2.24) is 0 Å². The standard InChI is InChI=1S/C22H35NO3S/c1-18(11-12-21-20(3)10-7-14-22(21,4)5)8-6-9-19(2)13-16-26-27(24,25)17-15-23/h6,8-9,11-13H,7,10,14-17,23H2,1-5H3/b9-6+,12-11+,18-8+,19-13+. The monoisotopic (exact) mass is 393 g/mol. The number of nitrogens with two attached hydrogens (primary N) is 1. The Labute approximate surface area is 165 Å². The van der Waals surface area contributed by atoms with Gasteiger partial charge in [0.05, 0.1) is 12.4 Å². The zero-order chi connectivity index (χ0) is 20.5. The molecule has 0 heterocycles. The van der Waals surface area contributed by atoms with Crippen LogP contribution in [0.15, 0.2) is 58.7 Å². The SMILES string of the molecule is CC1=C(/C=C/C(C)=C/C=C/C(C)=C/COS(=O)(=O)CCN)C(C)(C)CCC1. The van der Waals surface area contributed by atoms with Crippen molar-refractivity contribution in [3.8, 4) is 0 Å². The van der Waals surface area contributed by atoms with Crippen molar-refractivity contribution in [2.75, 3.05) is 18.9 Å². The maximum Gasteiger partial charge on any atom is 0.268 e. The van der Waals surface area contributed by atoms with Crippen molar-refractivity contribution in [2.45, 2.75) is 53.9 Å². The fourth-order valence-corrected chi connectivity index (χ4v) is 3.85. The lowest BCUT2D eigenvalue weighted by Crippen LogP contribution is -2.19. The molecule has 2 N–H and O–H groups in total. The van der Waals surface area contributed by atoms with Gasteiger partial charge in [0, 0.05) is 6.54 Å². The molecule has 0 aromatic carbocycles. The Bertz CT molecular complexity index is 750. The van der Waals surface area contributed by atoms with Crippen LogP contribution in [-0.4, -0.2) is 27.3 Å². The average Bonchev–Trinajstić information content (AvgIpc) is 2.53. The van der Waals surface area contributed by atoms with E-state index < -0.39 is 10.1 Å². The number of hydrogen-bond acceptors (Lipinski definition) is 4. The van der Waals surface area contributed by atoms with Gasteiger partial charge in [-0.1, -0.05) is 67.0 Å². The molecule has 1 aliphatic carbocycles. The molecule has 0 saturated heterocycles. The van der Waals surface area contributed by atoms with Crippen molar-refractivity contribution in [1.29, 1.82) is 0 Å². The van der Waals surface area contributed by atoms with Gasteiger partial charge < -0.3 is 5.73 Å². The molecule has 0 saturated carbocycles. The highest BCUT2D eigenvalue weighted by Crippen LogP contribution is 2.40. The third-order valence-electron chi connectivity index (χ3n) is 4.79. The lowest BCUT2D eigenvalue weighted by molar-refractivity contribution is 0.357. The van der Waals surface area contributed by atoms with E-state index in [0.717, 1.165) is 5.57 Å². The zero-order valence-corrected chi connectivity index (χ0v) is 18.2. The third-order valence-corrected chi connectivity index (χ3v) is 6.03. The van der Waals surface area contributed by atoms with Crippen molar-refractivity contribution < 1.29 is 12.6 Å². The van der Waals surface area contributed by atoms with Gasteiger partial charge in [-0.15, -0.1) is 0 Å². The third kappa shape index (κ3) is 8.87. The van der Waals surface area contributed by atoms with Gasteiger partial charge in [-0.25, -0.2) is 0 Å². The normalized spacial score (nSPS) is 19.5. The molecule has 0 amide bonds. The molecule has 5 heteroatoms. The van der Waals surface area contributed by atoms with Crippen LogP contribution in [0.1, 0.15) is 53.9 Å². The predicted molar refractivity (Wildman–Crippen MR) is 115 cm³/mol. The quantitative estimate of drug-likeness (QED) is 0.450. The van der Waals surface area contributed by atoms with E-state index in [4.69, 9.17) is 9.92 Å². The largest absolute Gasteiger partial charge is 0.329 e. The Morgan fingerprint density at radius 1 is 1.22 bits per heavy atom. The van der Waals surface area contributed by atoms with Gasteiger partial charge in [0.25, 0.3) is 10.1 Å². The van der Waals surface area contributed by atoms with Crippen LogP contribution in [0.5, 0.6) is 0 Å². The minimum Gasteiger partial charge on any atom is -0.329 e. The number of rotatable bonds is 9. The molecule has 0 unspecified atom stereocenters. The van der Waals surface area contributed by atoms with Crippen molar-refractivity contribution >= 4 is 10.1 Å². The van der Waals surface area contributed by atoms with Gasteiger partial charge in [0.1, 0.15) is 0 Å². The average molecular weight is 394 g/mol. The summed E-state index contributed by atoms with van der Waals surface area (Å²) in [6.07, 6.45) is 15.8. The fourth-order valence-electron chi connectivity index (χ4n) is 3.17. The van der Waals surface area contributed by atoms with E-state index in [9.17, 15) is 8.42 Å². The summed E-state index contributed by atoms with van der Waals surface area (Å²) in [5.41, 5.74) is 10.5.